The number of rotatable bonds is 12. The standard InChI is InChI=1S/C40H53N5O7/c1-3-40(2)39(51)42-32(27-29-19-17-28(18-20-29)21-22-34(46)44-23-9-5-10-24-44)37(49)45-25-12-16-33(45)36(48)41-31(35(47)43-40)15-8-11-26-52-38(50)30-13-6-4-7-14-30/h4,6-7,13-14,17-20,31-33H,3,5,8-12,15-16,21-27H2,1-2H3,(H,41,48)(H,42,51)(H,43,47)/t31-,32-,33+,40-/m0/s1. The van der Waals surface area contributed by atoms with Crippen molar-refractivity contribution >= 4 is 35.5 Å². The number of amides is 5. The number of piperidine rings is 1. The molecule has 0 radical (unpaired) electrons. The first kappa shape index (κ1) is 38.5. The Labute approximate surface area is 306 Å². The molecule has 280 valence electrons. The molecule has 0 saturated carbocycles. The normalized spacial score (nSPS) is 24.2. The number of hydrogen-bond acceptors (Lipinski definition) is 7. The van der Waals surface area contributed by atoms with Crippen LogP contribution in [0.1, 0.15) is 99.5 Å². The van der Waals surface area contributed by atoms with Crippen molar-refractivity contribution in [1.82, 2.24) is 25.8 Å². The monoisotopic (exact) mass is 715 g/mol. The first-order valence-electron chi connectivity index (χ1n) is 18.9. The molecule has 12 heteroatoms. The molecule has 12 nitrogen and oxygen atoms in total. The minimum absolute atomic E-state index is 0.151. The predicted octanol–water partition coefficient (Wildman–Crippen LogP) is 3.46. The average Bonchev–Trinajstić information content (AvgIpc) is 3.67. The van der Waals surface area contributed by atoms with Crippen LogP contribution in [0.25, 0.3) is 0 Å². The number of benzene rings is 2. The lowest BCUT2D eigenvalue weighted by atomic mass is 9.94. The topological polar surface area (TPSA) is 154 Å². The summed E-state index contributed by atoms with van der Waals surface area (Å²) in [6, 6.07) is 13.7. The Morgan fingerprint density at radius 3 is 2.25 bits per heavy atom. The van der Waals surface area contributed by atoms with E-state index in [2.05, 4.69) is 16.0 Å². The van der Waals surface area contributed by atoms with E-state index in [1.54, 1.807) is 38.1 Å². The molecule has 3 fully saturated rings. The Bertz CT molecular complexity index is 1580. The van der Waals surface area contributed by atoms with Crippen LogP contribution in [0, 0.1) is 0 Å². The Morgan fingerprint density at radius 1 is 0.827 bits per heavy atom. The lowest BCUT2D eigenvalue weighted by Crippen LogP contribution is -2.65. The van der Waals surface area contributed by atoms with E-state index in [1.165, 1.54) is 11.3 Å². The number of fused-ring (bicyclic) bond motifs is 1. The fourth-order valence-corrected chi connectivity index (χ4v) is 7.13. The SMILES string of the molecule is CC[C@]1(C)NC(=O)[C@H](CCCCOC(=O)c2ccccc2)NC(=O)[C@H]2CCCN2C(=O)[C@H](Cc2ccc(CCC(=O)N3CCCCC3)cc2)NC1=O. The summed E-state index contributed by atoms with van der Waals surface area (Å²) in [6.45, 7) is 5.57. The van der Waals surface area contributed by atoms with Crippen molar-refractivity contribution in [2.45, 2.75) is 115 Å². The Hall–Kier alpha value is -4.74. The minimum atomic E-state index is -1.35. The number of ether oxygens (including phenoxy) is 1. The summed E-state index contributed by atoms with van der Waals surface area (Å²) in [5.74, 6) is -1.98. The smallest absolute Gasteiger partial charge is 0.338 e. The molecule has 3 heterocycles. The van der Waals surface area contributed by atoms with Gasteiger partial charge in [0.1, 0.15) is 23.7 Å². The van der Waals surface area contributed by atoms with Crippen LogP contribution >= 0.6 is 0 Å². The fraction of sp³-hybridized carbons (Fsp3) is 0.550. The van der Waals surface area contributed by atoms with E-state index in [4.69, 9.17) is 4.74 Å². The average molecular weight is 716 g/mol. The van der Waals surface area contributed by atoms with Crippen molar-refractivity contribution in [1.29, 1.82) is 0 Å². The molecule has 2 aromatic carbocycles. The fourth-order valence-electron chi connectivity index (χ4n) is 7.13. The molecule has 0 unspecified atom stereocenters. The molecule has 0 aromatic heterocycles. The van der Waals surface area contributed by atoms with Gasteiger partial charge in [0.05, 0.1) is 12.2 Å². The van der Waals surface area contributed by atoms with Gasteiger partial charge in [-0.1, -0.05) is 49.4 Å². The number of hydrogen-bond donors (Lipinski definition) is 3. The maximum absolute atomic E-state index is 14.1. The number of nitrogens with zero attached hydrogens (tertiary/aromatic N) is 2. The van der Waals surface area contributed by atoms with E-state index in [1.807, 2.05) is 35.2 Å². The number of esters is 1. The van der Waals surface area contributed by atoms with Crippen LogP contribution in [0.2, 0.25) is 0 Å². The van der Waals surface area contributed by atoms with E-state index >= 15 is 0 Å². The maximum Gasteiger partial charge on any atom is 0.338 e. The van der Waals surface area contributed by atoms with Gasteiger partial charge in [0.15, 0.2) is 0 Å². The number of carbonyl (C=O) groups is 6. The largest absolute Gasteiger partial charge is 0.462 e. The molecular formula is C40H53N5O7. The van der Waals surface area contributed by atoms with Crippen molar-refractivity contribution in [2.75, 3.05) is 26.2 Å². The quantitative estimate of drug-likeness (QED) is 0.225. The van der Waals surface area contributed by atoms with Crippen molar-refractivity contribution in [3.63, 3.8) is 0 Å². The van der Waals surface area contributed by atoms with Gasteiger partial charge in [-0.05, 0) is 94.4 Å². The summed E-state index contributed by atoms with van der Waals surface area (Å²) in [5.41, 5.74) is 0.948. The molecule has 52 heavy (non-hydrogen) atoms. The summed E-state index contributed by atoms with van der Waals surface area (Å²) in [4.78, 5) is 83.8. The lowest BCUT2D eigenvalue weighted by Gasteiger charge is -2.36. The summed E-state index contributed by atoms with van der Waals surface area (Å²) in [6.07, 6.45) is 7.06. The highest BCUT2D eigenvalue weighted by molar-refractivity contribution is 5.99. The van der Waals surface area contributed by atoms with Gasteiger partial charge in [-0.25, -0.2) is 4.79 Å². The number of likely N-dealkylation sites (tertiary alicyclic amines) is 1. The van der Waals surface area contributed by atoms with Gasteiger partial charge in [0, 0.05) is 32.5 Å². The van der Waals surface area contributed by atoms with Crippen LogP contribution in [0.3, 0.4) is 0 Å². The maximum atomic E-state index is 14.1. The number of aryl methyl sites for hydroxylation is 1. The molecule has 4 atom stereocenters. The molecule has 5 amide bonds. The first-order valence-corrected chi connectivity index (χ1v) is 18.9. The lowest BCUT2D eigenvalue weighted by molar-refractivity contribution is -0.144. The van der Waals surface area contributed by atoms with E-state index in [9.17, 15) is 28.8 Å². The van der Waals surface area contributed by atoms with Crippen molar-refractivity contribution in [2.24, 2.45) is 0 Å². The second kappa shape index (κ2) is 18.1. The summed E-state index contributed by atoms with van der Waals surface area (Å²) < 4.78 is 5.37. The summed E-state index contributed by atoms with van der Waals surface area (Å²) in [5, 5.41) is 8.68. The molecule has 3 aliphatic rings. The van der Waals surface area contributed by atoms with Crippen LogP contribution in [0.4, 0.5) is 0 Å². The first-order chi connectivity index (χ1) is 25.1. The minimum Gasteiger partial charge on any atom is -0.462 e. The number of unbranched alkanes of at least 4 members (excludes halogenated alkanes) is 1. The van der Waals surface area contributed by atoms with Gasteiger partial charge in [-0.15, -0.1) is 0 Å². The predicted molar refractivity (Wildman–Crippen MR) is 195 cm³/mol. The van der Waals surface area contributed by atoms with Crippen molar-refractivity contribution in [3.8, 4) is 0 Å². The van der Waals surface area contributed by atoms with Crippen LogP contribution < -0.4 is 16.0 Å². The molecular weight excluding hydrogens is 662 g/mol. The second-order valence-electron chi connectivity index (χ2n) is 14.4. The third kappa shape index (κ3) is 9.98. The highest BCUT2D eigenvalue weighted by Gasteiger charge is 2.43. The molecule has 0 spiro atoms. The van der Waals surface area contributed by atoms with Gasteiger partial charge in [0.25, 0.3) is 0 Å². The molecule has 0 bridgehead atoms. The Kier molecular flexibility index (Phi) is 13.4. The van der Waals surface area contributed by atoms with Crippen LogP contribution in [0.5, 0.6) is 0 Å². The summed E-state index contributed by atoms with van der Waals surface area (Å²) in [7, 11) is 0. The van der Waals surface area contributed by atoms with Crippen molar-refractivity contribution in [3.05, 3.63) is 71.3 Å². The van der Waals surface area contributed by atoms with Gasteiger partial charge in [0.2, 0.25) is 29.5 Å². The Balaban J connectivity index is 1.24. The van der Waals surface area contributed by atoms with Crippen LogP contribution in [0.15, 0.2) is 54.6 Å². The second-order valence-corrected chi connectivity index (χ2v) is 14.4. The number of carbonyl (C=O) groups excluding carboxylic acids is 6. The van der Waals surface area contributed by atoms with Gasteiger partial charge < -0.3 is 30.5 Å². The van der Waals surface area contributed by atoms with E-state index in [0.717, 1.165) is 37.1 Å². The van der Waals surface area contributed by atoms with Crippen LogP contribution in [-0.2, 0) is 41.6 Å². The third-order valence-corrected chi connectivity index (χ3v) is 10.6. The van der Waals surface area contributed by atoms with E-state index in [0.29, 0.717) is 50.6 Å². The zero-order valence-electron chi connectivity index (χ0n) is 30.5. The molecule has 0 aliphatic carbocycles. The summed E-state index contributed by atoms with van der Waals surface area (Å²) >= 11 is 0. The molecule has 3 saturated heterocycles. The Morgan fingerprint density at radius 2 is 1.54 bits per heavy atom. The highest BCUT2D eigenvalue weighted by Crippen LogP contribution is 2.23. The van der Waals surface area contributed by atoms with Crippen LogP contribution in [-0.4, -0.2) is 95.2 Å². The highest BCUT2D eigenvalue weighted by atomic mass is 16.5. The molecule has 3 aliphatic heterocycles. The van der Waals surface area contributed by atoms with Gasteiger partial charge in [-0.3, -0.25) is 24.0 Å². The van der Waals surface area contributed by atoms with Gasteiger partial charge in [-0.2, -0.15) is 0 Å². The molecule has 2 aromatic rings. The van der Waals surface area contributed by atoms with E-state index < -0.39 is 47.4 Å². The zero-order valence-corrected chi connectivity index (χ0v) is 30.5. The number of nitrogens with one attached hydrogen (secondary N) is 3. The van der Waals surface area contributed by atoms with Crippen molar-refractivity contribution < 1.29 is 33.5 Å². The van der Waals surface area contributed by atoms with E-state index in [-0.39, 0.29) is 37.7 Å². The molecule has 5 rings (SSSR count). The third-order valence-electron chi connectivity index (χ3n) is 10.6. The molecule has 3 N–H and O–H groups in total. The van der Waals surface area contributed by atoms with Gasteiger partial charge >= 0.3 is 5.97 Å². The zero-order chi connectivity index (χ0) is 37.1.